The van der Waals surface area contributed by atoms with Gasteiger partial charge in [0, 0.05) is 11.8 Å². The highest BCUT2D eigenvalue weighted by molar-refractivity contribution is 7.99. The Kier molecular flexibility index (Phi) is 5.44. The molecule has 2 rings (SSSR count). The van der Waals surface area contributed by atoms with E-state index in [1.54, 1.807) is 11.5 Å². The van der Waals surface area contributed by atoms with Gasteiger partial charge in [-0.3, -0.25) is 14.2 Å². The number of ether oxygens (including phenoxy) is 1. The van der Waals surface area contributed by atoms with Crippen LogP contribution in [0.25, 0.3) is 5.69 Å². The standard InChI is InChI=1S/C16H19N3O3S/c1-4-22-15(21)9-23-16-18-14(20)8-13(17)19(16)12-6-5-10(2)11(3)7-12/h5-8H,4,9,17H2,1-3H3. The molecule has 2 aromatic rings. The van der Waals surface area contributed by atoms with E-state index in [4.69, 9.17) is 10.5 Å². The third-order valence-corrected chi connectivity index (χ3v) is 4.21. The molecule has 0 spiro atoms. The highest BCUT2D eigenvalue weighted by Crippen LogP contribution is 2.24. The summed E-state index contributed by atoms with van der Waals surface area (Å²) in [4.78, 5) is 27.2. The number of benzene rings is 1. The second-order valence-corrected chi connectivity index (χ2v) is 5.94. The van der Waals surface area contributed by atoms with Gasteiger partial charge in [-0.1, -0.05) is 17.8 Å². The van der Waals surface area contributed by atoms with Crippen molar-refractivity contribution < 1.29 is 9.53 Å². The summed E-state index contributed by atoms with van der Waals surface area (Å²) in [5, 5.41) is 0.367. The summed E-state index contributed by atoms with van der Waals surface area (Å²) in [5.41, 5.74) is 8.61. The number of aromatic nitrogens is 2. The smallest absolute Gasteiger partial charge is 0.316 e. The molecule has 0 saturated heterocycles. The molecule has 1 heterocycles. The van der Waals surface area contributed by atoms with Gasteiger partial charge < -0.3 is 10.5 Å². The lowest BCUT2D eigenvalue weighted by atomic mass is 10.1. The topological polar surface area (TPSA) is 87.2 Å². The predicted octanol–water partition coefficient (Wildman–Crippen LogP) is 2.09. The van der Waals surface area contributed by atoms with Gasteiger partial charge in [-0.2, -0.15) is 4.98 Å². The van der Waals surface area contributed by atoms with Gasteiger partial charge in [-0.15, -0.1) is 0 Å². The molecule has 6 nitrogen and oxygen atoms in total. The average molecular weight is 333 g/mol. The average Bonchev–Trinajstić information content (AvgIpc) is 2.48. The number of nitrogen functional groups attached to an aromatic ring is 1. The fraction of sp³-hybridized carbons (Fsp3) is 0.312. The number of nitrogens with two attached hydrogens (primary N) is 1. The summed E-state index contributed by atoms with van der Waals surface area (Å²) in [7, 11) is 0. The van der Waals surface area contributed by atoms with E-state index in [0.717, 1.165) is 28.6 Å². The zero-order chi connectivity index (χ0) is 17.0. The van der Waals surface area contributed by atoms with Crippen LogP contribution in [0.15, 0.2) is 34.2 Å². The highest BCUT2D eigenvalue weighted by atomic mass is 32.2. The molecule has 0 saturated carbocycles. The van der Waals surface area contributed by atoms with E-state index < -0.39 is 5.56 Å². The Hall–Kier alpha value is -2.28. The van der Waals surface area contributed by atoms with E-state index in [0.29, 0.717) is 11.8 Å². The van der Waals surface area contributed by atoms with Crippen molar-refractivity contribution in [2.24, 2.45) is 0 Å². The quantitative estimate of drug-likeness (QED) is 0.512. The summed E-state index contributed by atoms with van der Waals surface area (Å²) >= 11 is 1.13. The lowest BCUT2D eigenvalue weighted by molar-refractivity contribution is -0.139. The van der Waals surface area contributed by atoms with Crippen molar-refractivity contribution in [3.05, 3.63) is 45.7 Å². The number of aryl methyl sites for hydroxylation is 2. The van der Waals surface area contributed by atoms with Crippen molar-refractivity contribution in [1.82, 2.24) is 9.55 Å². The fourth-order valence-electron chi connectivity index (χ4n) is 2.03. The summed E-state index contributed by atoms with van der Waals surface area (Å²) in [5.74, 6) is -0.0189. The number of hydrogen-bond donors (Lipinski definition) is 1. The number of thioether (sulfide) groups is 1. The summed E-state index contributed by atoms with van der Waals surface area (Å²) < 4.78 is 6.56. The lowest BCUT2D eigenvalue weighted by Gasteiger charge is -2.15. The lowest BCUT2D eigenvalue weighted by Crippen LogP contribution is -2.18. The normalized spacial score (nSPS) is 10.6. The molecule has 0 bridgehead atoms. The molecule has 0 aliphatic rings. The molecule has 23 heavy (non-hydrogen) atoms. The zero-order valence-corrected chi connectivity index (χ0v) is 14.1. The number of anilines is 1. The maximum absolute atomic E-state index is 11.7. The Bertz CT molecular complexity index is 787. The first-order valence-electron chi connectivity index (χ1n) is 7.18. The molecule has 0 aliphatic carbocycles. The van der Waals surface area contributed by atoms with Gasteiger partial charge in [0.15, 0.2) is 5.16 Å². The van der Waals surface area contributed by atoms with Crippen molar-refractivity contribution in [3.63, 3.8) is 0 Å². The fourth-order valence-corrected chi connectivity index (χ4v) is 2.85. The number of carbonyl (C=O) groups is 1. The van der Waals surface area contributed by atoms with Crippen LogP contribution in [0.4, 0.5) is 5.82 Å². The molecule has 122 valence electrons. The van der Waals surface area contributed by atoms with Crippen molar-refractivity contribution in [3.8, 4) is 5.69 Å². The molecule has 0 amide bonds. The number of hydrogen-bond acceptors (Lipinski definition) is 6. The van der Waals surface area contributed by atoms with Crippen LogP contribution in [0.5, 0.6) is 0 Å². The first-order chi connectivity index (χ1) is 10.9. The number of nitrogens with zero attached hydrogens (tertiary/aromatic N) is 2. The van der Waals surface area contributed by atoms with Crippen LogP contribution < -0.4 is 11.3 Å². The highest BCUT2D eigenvalue weighted by Gasteiger charge is 2.13. The predicted molar refractivity (Wildman–Crippen MR) is 91.1 cm³/mol. The van der Waals surface area contributed by atoms with E-state index in [9.17, 15) is 9.59 Å². The zero-order valence-electron chi connectivity index (χ0n) is 13.3. The van der Waals surface area contributed by atoms with Crippen LogP contribution in [-0.4, -0.2) is 27.9 Å². The largest absolute Gasteiger partial charge is 0.465 e. The van der Waals surface area contributed by atoms with Crippen LogP contribution in [0.3, 0.4) is 0 Å². The van der Waals surface area contributed by atoms with Gasteiger partial charge in [-0.05, 0) is 44.0 Å². The second kappa shape index (κ2) is 7.32. The van der Waals surface area contributed by atoms with Crippen molar-refractivity contribution in [2.75, 3.05) is 18.1 Å². The molecule has 1 aromatic carbocycles. The summed E-state index contributed by atoms with van der Waals surface area (Å²) in [6.07, 6.45) is 0. The Morgan fingerprint density at radius 1 is 1.30 bits per heavy atom. The van der Waals surface area contributed by atoms with Crippen molar-refractivity contribution in [2.45, 2.75) is 25.9 Å². The SMILES string of the molecule is CCOC(=O)CSc1nc(=O)cc(N)n1-c1ccc(C)c(C)c1. The van der Waals surface area contributed by atoms with E-state index in [-0.39, 0.29) is 17.5 Å². The monoisotopic (exact) mass is 333 g/mol. The molecule has 0 radical (unpaired) electrons. The minimum Gasteiger partial charge on any atom is -0.465 e. The first-order valence-corrected chi connectivity index (χ1v) is 8.16. The van der Waals surface area contributed by atoms with E-state index in [2.05, 4.69) is 4.98 Å². The number of esters is 1. The van der Waals surface area contributed by atoms with Crippen LogP contribution in [0.2, 0.25) is 0 Å². The van der Waals surface area contributed by atoms with Crippen LogP contribution in [0.1, 0.15) is 18.1 Å². The van der Waals surface area contributed by atoms with Crippen molar-refractivity contribution >= 4 is 23.5 Å². The second-order valence-electron chi connectivity index (χ2n) is 5.00. The molecule has 2 N–H and O–H groups in total. The summed E-state index contributed by atoms with van der Waals surface area (Å²) in [6, 6.07) is 7.11. The maximum atomic E-state index is 11.7. The van der Waals surface area contributed by atoms with E-state index in [1.807, 2.05) is 32.0 Å². The minimum atomic E-state index is -0.436. The molecule has 1 aromatic heterocycles. The number of rotatable bonds is 5. The molecular weight excluding hydrogens is 314 g/mol. The molecule has 0 atom stereocenters. The van der Waals surface area contributed by atoms with E-state index >= 15 is 0 Å². The molecule has 7 heteroatoms. The third-order valence-electron chi connectivity index (χ3n) is 3.30. The minimum absolute atomic E-state index is 0.0641. The molecule has 0 fully saturated rings. The Morgan fingerprint density at radius 2 is 2.04 bits per heavy atom. The van der Waals surface area contributed by atoms with Gasteiger partial charge in [0.25, 0.3) is 5.56 Å². The summed E-state index contributed by atoms with van der Waals surface area (Å²) in [6.45, 7) is 6.07. The van der Waals surface area contributed by atoms with Crippen LogP contribution in [-0.2, 0) is 9.53 Å². The van der Waals surface area contributed by atoms with Gasteiger partial charge >= 0.3 is 5.97 Å². The van der Waals surface area contributed by atoms with Crippen LogP contribution >= 0.6 is 11.8 Å². The van der Waals surface area contributed by atoms with E-state index in [1.165, 1.54) is 6.07 Å². The van der Waals surface area contributed by atoms with Gasteiger partial charge in [0.1, 0.15) is 5.82 Å². The van der Waals surface area contributed by atoms with Crippen LogP contribution in [0, 0.1) is 13.8 Å². The number of carbonyl (C=O) groups excluding carboxylic acids is 1. The third kappa shape index (κ3) is 4.13. The molecule has 0 aliphatic heterocycles. The maximum Gasteiger partial charge on any atom is 0.316 e. The molecular formula is C16H19N3O3S. The Balaban J connectivity index is 2.43. The van der Waals surface area contributed by atoms with Gasteiger partial charge in [0.05, 0.1) is 12.4 Å². The first kappa shape index (κ1) is 17.1. The molecule has 0 unspecified atom stereocenters. The Morgan fingerprint density at radius 3 is 2.70 bits per heavy atom. The van der Waals surface area contributed by atoms with Crippen molar-refractivity contribution in [1.29, 1.82) is 0 Å². The van der Waals surface area contributed by atoms with Gasteiger partial charge in [0.2, 0.25) is 0 Å². The Labute approximate surface area is 138 Å². The van der Waals surface area contributed by atoms with Gasteiger partial charge in [-0.25, -0.2) is 0 Å².